The van der Waals surface area contributed by atoms with E-state index in [-0.39, 0.29) is 0 Å². The molecule has 0 unspecified atom stereocenters. The number of aryl methyl sites for hydroxylation is 1. The molecule has 1 aromatic carbocycles. The van der Waals surface area contributed by atoms with Crippen molar-refractivity contribution >= 4 is 11.6 Å². The summed E-state index contributed by atoms with van der Waals surface area (Å²) < 4.78 is 11.0. The maximum Gasteiger partial charge on any atom is 0.196 e. The number of nitrogens with zero attached hydrogens (tertiary/aromatic N) is 1. The van der Waals surface area contributed by atoms with Gasteiger partial charge in [-0.3, -0.25) is 0 Å². The molecule has 0 saturated carbocycles. The first-order chi connectivity index (χ1) is 8.65. The molecule has 0 aliphatic heterocycles. The van der Waals surface area contributed by atoms with E-state index in [0.717, 1.165) is 11.1 Å². The highest BCUT2D eigenvalue weighted by Gasteiger charge is 2.13. The predicted octanol–water partition coefficient (Wildman–Crippen LogP) is 2.81. The Morgan fingerprint density at radius 1 is 1.44 bits per heavy atom. The van der Waals surface area contributed by atoms with Crippen molar-refractivity contribution < 1.29 is 9.15 Å². The summed E-state index contributed by atoms with van der Waals surface area (Å²) in [5.74, 6) is 1.97. The van der Waals surface area contributed by atoms with E-state index < -0.39 is 0 Å². The number of ether oxygens (including phenoxy) is 1. The van der Waals surface area contributed by atoms with Crippen LogP contribution in [0.3, 0.4) is 0 Å². The van der Waals surface area contributed by atoms with Gasteiger partial charge in [0.25, 0.3) is 0 Å². The highest BCUT2D eigenvalue weighted by molar-refractivity contribution is 6.31. The first-order valence-electron chi connectivity index (χ1n) is 5.65. The van der Waals surface area contributed by atoms with E-state index >= 15 is 0 Å². The average Bonchev–Trinajstić information content (AvgIpc) is 2.81. The Labute approximate surface area is 111 Å². The van der Waals surface area contributed by atoms with Crippen LogP contribution in [0.5, 0.6) is 5.75 Å². The summed E-state index contributed by atoms with van der Waals surface area (Å²) in [6, 6.07) is 3.70. The summed E-state index contributed by atoms with van der Waals surface area (Å²) >= 11 is 6.12. The Balaban J connectivity index is 2.45. The minimum atomic E-state index is 0.506. The quantitative estimate of drug-likeness (QED) is 0.924. The maximum absolute atomic E-state index is 6.12. The summed E-state index contributed by atoms with van der Waals surface area (Å²) in [5.41, 5.74) is 7.22. The Bertz CT molecular complexity index is 552. The number of hydrogen-bond donors (Lipinski definition) is 1. The molecule has 1 heterocycles. The molecule has 18 heavy (non-hydrogen) atoms. The standard InChI is InChI=1S/C13H15ClN2O2/c1-8-5-11(17-2)9(6-10(8)14)12-7-16-13(18-12)3-4-15/h5-7H,3-4,15H2,1-2H3. The van der Waals surface area contributed by atoms with Gasteiger partial charge >= 0.3 is 0 Å². The minimum absolute atomic E-state index is 0.506. The maximum atomic E-state index is 6.12. The Morgan fingerprint density at radius 2 is 2.22 bits per heavy atom. The zero-order chi connectivity index (χ0) is 13.1. The summed E-state index contributed by atoms with van der Waals surface area (Å²) in [6.07, 6.45) is 2.27. The van der Waals surface area contributed by atoms with Crippen LogP contribution in [0.1, 0.15) is 11.5 Å². The normalized spacial score (nSPS) is 10.7. The lowest BCUT2D eigenvalue weighted by Gasteiger charge is -2.08. The van der Waals surface area contributed by atoms with E-state index in [4.69, 9.17) is 26.5 Å². The van der Waals surface area contributed by atoms with Crippen molar-refractivity contribution in [2.75, 3.05) is 13.7 Å². The second-order valence-electron chi connectivity index (χ2n) is 3.96. The number of benzene rings is 1. The molecule has 0 aliphatic carbocycles. The van der Waals surface area contributed by atoms with Crippen molar-refractivity contribution in [1.82, 2.24) is 4.98 Å². The third-order valence-electron chi connectivity index (χ3n) is 2.66. The van der Waals surface area contributed by atoms with Crippen molar-refractivity contribution in [3.05, 3.63) is 34.8 Å². The van der Waals surface area contributed by atoms with E-state index in [2.05, 4.69) is 4.98 Å². The molecule has 0 atom stereocenters. The van der Waals surface area contributed by atoms with Gasteiger partial charge in [-0.15, -0.1) is 0 Å². The predicted molar refractivity (Wildman–Crippen MR) is 71.0 cm³/mol. The monoisotopic (exact) mass is 266 g/mol. The number of nitrogens with two attached hydrogens (primary N) is 1. The van der Waals surface area contributed by atoms with Crippen LogP contribution in [-0.4, -0.2) is 18.6 Å². The van der Waals surface area contributed by atoms with Gasteiger partial charge in [0, 0.05) is 18.0 Å². The summed E-state index contributed by atoms with van der Waals surface area (Å²) in [7, 11) is 1.61. The molecule has 2 aromatic rings. The van der Waals surface area contributed by atoms with Crippen LogP contribution in [0.4, 0.5) is 0 Å². The van der Waals surface area contributed by atoms with E-state index in [1.165, 1.54) is 0 Å². The Hall–Kier alpha value is -1.52. The van der Waals surface area contributed by atoms with Crippen molar-refractivity contribution in [3.63, 3.8) is 0 Å². The SMILES string of the molecule is COc1cc(C)c(Cl)cc1-c1cnc(CCN)o1. The van der Waals surface area contributed by atoms with E-state index in [1.54, 1.807) is 13.3 Å². The zero-order valence-corrected chi connectivity index (χ0v) is 11.1. The number of hydrogen-bond acceptors (Lipinski definition) is 4. The molecular formula is C13H15ClN2O2. The second kappa shape index (κ2) is 5.42. The second-order valence-corrected chi connectivity index (χ2v) is 4.37. The van der Waals surface area contributed by atoms with Crippen molar-refractivity contribution in [3.8, 4) is 17.1 Å². The largest absolute Gasteiger partial charge is 0.496 e. The van der Waals surface area contributed by atoms with Crippen LogP contribution < -0.4 is 10.5 Å². The minimum Gasteiger partial charge on any atom is -0.496 e. The molecule has 5 heteroatoms. The number of halogens is 1. The number of rotatable bonds is 4. The van der Waals surface area contributed by atoms with Gasteiger partial charge in [0.15, 0.2) is 11.7 Å². The molecule has 2 rings (SSSR count). The highest BCUT2D eigenvalue weighted by atomic mass is 35.5. The van der Waals surface area contributed by atoms with Gasteiger partial charge in [-0.1, -0.05) is 11.6 Å². The fourth-order valence-corrected chi connectivity index (χ4v) is 1.85. The topological polar surface area (TPSA) is 61.3 Å². The molecule has 0 fully saturated rings. The van der Waals surface area contributed by atoms with Gasteiger partial charge in [-0.25, -0.2) is 4.98 Å². The van der Waals surface area contributed by atoms with Crippen molar-refractivity contribution in [2.24, 2.45) is 5.73 Å². The smallest absolute Gasteiger partial charge is 0.196 e. The van der Waals surface area contributed by atoms with E-state index in [1.807, 2.05) is 19.1 Å². The molecule has 1 aromatic heterocycles. The molecule has 0 aliphatic rings. The van der Waals surface area contributed by atoms with Gasteiger partial charge in [-0.2, -0.15) is 0 Å². The van der Waals surface area contributed by atoms with Crippen molar-refractivity contribution in [1.29, 1.82) is 0 Å². The molecule has 0 spiro atoms. The summed E-state index contributed by atoms with van der Waals surface area (Å²) in [4.78, 5) is 4.16. The fourth-order valence-electron chi connectivity index (χ4n) is 1.69. The van der Waals surface area contributed by atoms with Gasteiger partial charge in [0.1, 0.15) is 5.75 Å². The van der Waals surface area contributed by atoms with Crippen LogP contribution in [0, 0.1) is 6.92 Å². The van der Waals surface area contributed by atoms with E-state index in [9.17, 15) is 0 Å². The first kappa shape index (κ1) is 12.9. The lowest BCUT2D eigenvalue weighted by atomic mass is 10.1. The van der Waals surface area contributed by atoms with Crippen LogP contribution >= 0.6 is 11.6 Å². The van der Waals surface area contributed by atoms with Crippen LogP contribution in [0.2, 0.25) is 5.02 Å². The molecule has 0 radical (unpaired) electrons. The van der Waals surface area contributed by atoms with Gasteiger partial charge in [0.05, 0.1) is 18.9 Å². The van der Waals surface area contributed by atoms with Gasteiger partial charge < -0.3 is 14.9 Å². The van der Waals surface area contributed by atoms with Gasteiger partial charge in [-0.05, 0) is 24.6 Å². The van der Waals surface area contributed by atoms with Crippen LogP contribution in [0.15, 0.2) is 22.7 Å². The van der Waals surface area contributed by atoms with Crippen LogP contribution in [0.25, 0.3) is 11.3 Å². The first-order valence-corrected chi connectivity index (χ1v) is 6.02. The third kappa shape index (κ3) is 2.49. The average molecular weight is 267 g/mol. The van der Waals surface area contributed by atoms with Gasteiger partial charge in [0.2, 0.25) is 0 Å². The van der Waals surface area contributed by atoms with E-state index in [0.29, 0.717) is 35.4 Å². The molecule has 2 N–H and O–H groups in total. The molecule has 4 nitrogen and oxygen atoms in total. The molecule has 0 bridgehead atoms. The lowest BCUT2D eigenvalue weighted by molar-refractivity contribution is 0.413. The molecular weight excluding hydrogens is 252 g/mol. The highest BCUT2D eigenvalue weighted by Crippen LogP contribution is 2.34. The third-order valence-corrected chi connectivity index (χ3v) is 3.07. The molecule has 0 amide bonds. The Kier molecular flexibility index (Phi) is 3.89. The zero-order valence-electron chi connectivity index (χ0n) is 10.4. The number of aromatic nitrogens is 1. The van der Waals surface area contributed by atoms with Crippen LogP contribution in [-0.2, 0) is 6.42 Å². The molecule has 0 saturated heterocycles. The summed E-state index contributed by atoms with van der Waals surface area (Å²) in [5, 5.41) is 0.669. The van der Waals surface area contributed by atoms with Crippen molar-refractivity contribution in [2.45, 2.75) is 13.3 Å². The Morgan fingerprint density at radius 3 is 2.89 bits per heavy atom. The number of oxazole rings is 1. The lowest BCUT2D eigenvalue weighted by Crippen LogP contribution is -2.02. The summed E-state index contributed by atoms with van der Waals surface area (Å²) in [6.45, 7) is 2.43. The fraction of sp³-hybridized carbons (Fsp3) is 0.308. The molecule has 96 valence electrons. The number of methoxy groups -OCH3 is 1.